The second-order valence-electron chi connectivity index (χ2n) is 8.67. The molecular formula is C23H28O2S. The summed E-state index contributed by atoms with van der Waals surface area (Å²) in [6, 6.07) is 14.1. The smallest absolute Gasteiger partial charge is 0.186 e. The molecule has 0 fully saturated rings. The first-order valence-corrected chi connectivity index (χ1v) is 10.3. The summed E-state index contributed by atoms with van der Waals surface area (Å²) in [7, 11) is 0. The molecule has 26 heavy (non-hydrogen) atoms. The van der Waals surface area contributed by atoms with E-state index < -0.39 is 11.1 Å². The molecule has 0 amide bonds. The van der Waals surface area contributed by atoms with E-state index in [0.717, 1.165) is 5.56 Å². The second kappa shape index (κ2) is 6.79. The zero-order valence-electron chi connectivity index (χ0n) is 16.3. The fourth-order valence-electron chi connectivity index (χ4n) is 3.85. The maximum atomic E-state index is 11.1. The van der Waals surface area contributed by atoms with Crippen LogP contribution < -0.4 is 0 Å². The summed E-state index contributed by atoms with van der Waals surface area (Å²) in [4.78, 5) is 0.428. The number of benzene rings is 2. The van der Waals surface area contributed by atoms with Gasteiger partial charge in [0.15, 0.2) is 11.1 Å². The highest BCUT2D eigenvalue weighted by atomic mass is 32.2. The van der Waals surface area contributed by atoms with Gasteiger partial charge in [-0.05, 0) is 70.6 Å². The van der Waals surface area contributed by atoms with E-state index in [0.29, 0.717) is 4.90 Å². The van der Waals surface area contributed by atoms with Crippen molar-refractivity contribution in [2.75, 3.05) is 0 Å². The van der Waals surface area contributed by atoms with E-state index in [1.165, 1.54) is 35.1 Å². The number of hydrogen-bond donors (Lipinski definition) is 1. The van der Waals surface area contributed by atoms with Gasteiger partial charge in [0.25, 0.3) is 0 Å². The lowest BCUT2D eigenvalue weighted by molar-refractivity contribution is 0.332. The van der Waals surface area contributed by atoms with Gasteiger partial charge >= 0.3 is 0 Å². The van der Waals surface area contributed by atoms with Crippen LogP contribution in [0, 0.1) is 0 Å². The highest BCUT2D eigenvalue weighted by molar-refractivity contribution is 7.79. The lowest BCUT2D eigenvalue weighted by Crippen LogP contribution is -2.33. The molecule has 1 aliphatic carbocycles. The Morgan fingerprint density at radius 1 is 0.962 bits per heavy atom. The van der Waals surface area contributed by atoms with Crippen LogP contribution in [0.2, 0.25) is 0 Å². The van der Waals surface area contributed by atoms with E-state index in [-0.39, 0.29) is 10.8 Å². The van der Waals surface area contributed by atoms with Crippen molar-refractivity contribution in [2.45, 2.75) is 63.2 Å². The quantitative estimate of drug-likeness (QED) is 0.519. The van der Waals surface area contributed by atoms with Gasteiger partial charge in [0, 0.05) is 0 Å². The summed E-state index contributed by atoms with van der Waals surface area (Å²) in [5, 5.41) is 0. The molecule has 2 nitrogen and oxygen atoms in total. The topological polar surface area (TPSA) is 37.3 Å². The summed E-state index contributed by atoms with van der Waals surface area (Å²) in [5.41, 5.74) is 6.85. The molecule has 0 saturated carbocycles. The van der Waals surface area contributed by atoms with Crippen molar-refractivity contribution in [3.63, 3.8) is 0 Å². The van der Waals surface area contributed by atoms with Crippen LogP contribution in [0.25, 0.3) is 11.6 Å². The van der Waals surface area contributed by atoms with Crippen LogP contribution in [0.1, 0.15) is 69.7 Å². The lowest BCUT2D eigenvalue weighted by atomic mass is 9.63. The summed E-state index contributed by atoms with van der Waals surface area (Å²) in [6.45, 7) is 11.5. The standard InChI is InChI=1S/C23H28O2S/c1-16(14-17-6-9-19(10-7-17)26(24)25)18-8-11-20-21(15-18)23(4,5)13-12-22(20,2)3/h6-11,14-15H,12-13H2,1-5H3,(H,24,25)/b16-14+. The fourth-order valence-corrected chi connectivity index (χ4v) is 4.22. The van der Waals surface area contributed by atoms with Gasteiger partial charge in [0.2, 0.25) is 0 Å². The molecule has 138 valence electrons. The first-order chi connectivity index (χ1) is 12.1. The summed E-state index contributed by atoms with van der Waals surface area (Å²) in [5.74, 6) is 0. The van der Waals surface area contributed by atoms with Gasteiger partial charge in [-0.25, -0.2) is 4.21 Å². The Morgan fingerprint density at radius 3 is 2.12 bits per heavy atom. The van der Waals surface area contributed by atoms with Crippen LogP contribution in [0.15, 0.2) is 47.4 Å². The van der Waals surface area contributed by atoms with E-state index in [1.54, 1.807) is 12.1 Å². The van der Waals surface area contributed by atoms with Gasteiger partial charge in [-0.15, -0.1) is 0 Å². The molecule has 1 aliphatic rings. The predicted octanol–water partition coefficient (Wildman–Crippen LogP) is 6.18. The molecule has 2 aromatic carbocycles. The highest BCUT2D eigenvalue weighted by Gasteiger charge is 2.36. The molecule has 0 bridgehead atoms. The van der Waals surface area contributed by atoms with Gasteiger partial charge in [0.1, 0.15) is 0 Å². The Labute approximate surface area is 159 Å². The summed E-state index contributed by atoms with van der Waals surface area (Å²) < 4.78 is 20.2. The molecule has 0 saturated heterocycles. The minimum Gasteiger partial charge on any atom is -0.302 e. The minimum atomic E-state index is -1.92. The zero-order valence-corrected chi connectivity index (χ0v) is 17.1. The Balaban J connectivity index is 1.98. The normalized spacial score (nSPS) is 19.7. The highest BCUT2D eigenvalue weighted by Crippen LogP contribution is 2.46. The fraction of sp³-hybridized carbons (Fsp3) is 0.391. The molecule has 0 aromatic heterocycles. The molecular weight excluding hydrogens is 340 g/mol. The van der Waals surface area contributed by atoms with Crippen molar-refractivity contribution < 1.29 is 8.76 Å². The third-order valence-electron chi connectivity index (χ3n) is 5.77. The largest absolute Gasteiger partial charge is 0.302 e. The van der Waals surface area contributed by atoms with Gasteiger partial charge in [-0.1, -0.05) is 64.1 Å². The van der Waals surface area contributed by atoms with E-state index in [9.17, 15) is 4.21 Å². The number of rotatable bonds is 3. The van der Waals surface area contributed by atoms with E-state index in [2.05, 4.69) is 58.9 Å². The van der Waals surface area contributed by atoms with Gasteiger partial charge < -0.3 is 4.55 Å². The molecule has 0 radical (unpaired) electrons. The molecule has 0 aliphatic heterocycles. The van der Waals surface area contributed by atoms with Crippen molar-refractivity contribution in [3.05, 3.63) is 64.7 Å². The third kappa shape index (κ3) is 3.70. The van der Waals surface area contributed by atoms with Crippen molar-refractivity contribution in [1.29, 1.82) is 0 Å². The Morgan fingerprint density at radius 2 is 1.54 bits per heavy atom. The molecule has 3 heteroatoms. The summed E-state index contributed by atoms with van der Waals surface area (Å²) in [6.07, 6.45) is 4.56. The molecule has 0 spiro atoms. The Hall–Kier alpha value is -1.71. The number of allylic oxidation sites excluding steroid dienone is 1. The van der Waals surface area contributed by atoms with Crippen molar-refractivity contribution in [2.24, 2.45) is 0 Å². The van der Waals surface area contributed by atoms with Crippen molar-refractivity contribution >= 4 is 22.7 Å². The molecule has 1 atom stereocenters. The van der Waals surface area contributed by atoms with E-state index in [4.69, 9.17) is 4.55 Å². The van der Waals surface area contributed by atoms with E-state index >= 15 is 0 Å². The van der Waals surface area contributed by atoms with Gasteiger partial charge in [-0.2, -0.15) is 0 Å². The second-order valence-corrected chi connectivity index (χ2v) is 9.64. The minimum absolute atomic E-state index is 0.202. The third-order valence-corrected chi connectivity index (χ3v) is 6.45. The maximum Gasteiger partial charge on any atom is 0.186 e. The SMILES string of the molecule is C/C(=C\c1ccc(S(=O)O)cc1)c1ccc2c(c1)C(C)(C)CCC2(C)C. The van der Waals surface area contributed by atoms with Crippen LogP contribution >= 0.6 is 0 Å². The van der Waals surface area contributed by atoms with E-state index in [1.807, 2.05) is 12.1 Å². The van der Waals surface area contributed by atoms with Crippen molar-refractivity contribution in [1.82, 2.24) is 0 Å². The lowest BCUT2D eigenvalue weighted by Gasteiger charge is -2.42. The zero-order chi connectivity index (χ0) is 19.1. The number of hydrogen-bond acceptors (Lipinski definition) is 1. The van der Waals surface area contributed by atoms with Gasteiger partial charge in [-0.3, -0.25) is 0 Å². The maximum absolute atomic E-state index is 11.1. The van der Waals surface area contributed by atoms with Crippen LogP contribution in [0.5, 0.6) is 0 Å². The first kappa shape index (κ1) is 19.1. The van der Waals surface area contributed by atoms with Crippen molar-refractivity contribution in [3.8, 4) is 0 Å². The molecule has 1 unspecified atom stereocenters. The molecule has 2 aromatic rings. The molecule has 1 N–H and O–H groups in total. The average Bonchev–Trinajstić information content (AvgIpc) is 2.59. The summed E-state index contributed by atoms with van der Waals surface area (Å²) >= 11 is -1.92. The van der Waals surface area contributed by atoms with Gasteiger partial charge in [0.05, 0.1) is 4.90 Å². The predicted molar refractivity (Wildman–Crippen MR) is 111 cm³/mol. The average molecular weight is 369 g/mol. The molecule has 3 rings (SSSR count). The Bertz CT molecular complexity index is 874. The van der Waals surface area contributed by atoms with Crippen LogP contribution in [-0.4, -0.2) is 8.76 Å². The molecule has 0 heterocycles. The van der Waals surface area contributed by atoms with Crippen LogP contribution in [-0.2, 0) is 21.9 Å². The Kier molecular flexibility index (Phi) is 4.98. The van der Waals surface area contributed by atoms with Crippen LogP contribution in [0.4, 0.5) is 0 Å². The number of fused-ring (bicyclic) bond motifs is 1. The first-order valence-electron chi connectivity index (χ1n) is 9.15. The monoisotopic (exact) mass is 368 g/mol. The van der Waals surface area contributed by atoms with Crippen LogP contribution in [0.3, 0.4) is 0 Å².